The number of rotatable bonds is 4. The van der Waals surface area contributed by atoms with Crippen molar-refractivity contribution in [2.75, 3.05) is 17.6 Å². The van der Waals surface area contributed by atoms with Crippen LogP contribution < -0.4 is 11.1 Å². The molecule has 0 spiro atoms. The van der Waals surface area contributed by atoms with E-state index in [9.17, 15) is 0 Å². The quantitative estimate of drug-likeness (QED) is 0.705. The van der Waals surface area contributed by atoms with E-state index >= 15 is 0 Å². The second kappa shape index (κ2) is 4.66. The molecule has 0 radical (unpaired) electrons. The van der Waals surface area contributed by atoms with Crippen molar-refractivity contribution in [3.8, 4) is 0 Å². The van der Waals surface area contributed by atoms with Crippen LogP contribution in [0.2, 0.25) is 0 Å². The van der Waals surface area contributed by atoms with Crippen molar-refractivity contribution in [3.63, 3.8) is 0 Å². The van der Waals surface area contributed by atoms with Gasteiger partial charge in [0.15, 0.2) is 5.13 Å². The molecule has 0 atom stereocenters. The summed E-state index contributed by atoms with van der Waals surface area (Å²) in [4.78, 5) is 8.50. The van der Waals surface area contributed by atoms with Crippen molar-refractivity contribution in [1.29, 1.82) is 0 Å². The summed E-state index contributed by atoms with van der Waals surface area (Å²) in [5, 5.41) is 4.24. The van der Waals surface area contributed by atoms with E-state index in [1.165, 1.54) is 0 Å². The molecule has 0 aliphatic rings. The predicted octanol–water partition coefficient (Wildman–Crippen LogP) is 2.19. The van der Waals surface area contributed by atoms with Crippen LogP contribution in [0.3, 0.4) is 0 Å². The lowest BCUT2D eigenvalue weighted by atomic mass is 10.3. The van der Waals surface area contributed by atoms with Crippen LogP contribution in [0.25, 0.3) is 10.2 Å². The maximum atomic E-state index is 5.75. The van der Waals surface area contributed by atoms with Crippen molar-refractivity contribution in [1.82, 2.24) is 14.5 Å². The van der Waals surface area contributed by atoms with E-state index in [2.05, 4.69) is 15.3 Å². The van der Waals surface area contributed by atoms with Crippen molar-refractivity contribution in [3.05, 3.63) is 36.9 Å². The number of anilines is 2. The first-order valence-corrected chi connectivity index (χ1v) is 6.48. The number of hydrogen-bond acceptors (Lipinski definition) is 5. The lowest BCUT2D eigenvalue weighted by molar-refractivity contribution is 0.726. The topological polar surface area (TPSA) is 68.8 Å². The Hall–Kier alpha value is -2.08. The summed E-state index contributed by atoms with van der Waals surface area (Å²) in [7, 11) is 0. The van der Waals surface area contributed by atoms with Crippen LogP contribution in [-0.4, -0.2) is 21.1 Å². The molecular formula is C12H13N5S. The summed E-state index contributed by atoms with van der Waals surface area (Å²) in [6.45, 7) is 1.70. The van der Waals surface area contributed by atoms with Crippen molar-refractivity contribution in [2.24, 2.45) is 0 Å². The van der Waals surface area contributed by atoms with Crippen LogP contribution in [0.1, 0.15) is 0 Å². The molecule has 5 nitrogen and oxygen atoms in total. The van der Waals surface area contributed by atoms with Gasteiger partial charge in [-0.2, -0.15) is 0 Å². The van der Waals surface area contributed by atoms with Gasteiger partial charge in [0, 0.05) is 31.2 Å². The van der Waals surface area contributed by atoms with Crippen molar-refractivity contribution < 1.29 is 0 Å². The number of benzene rings is 1. The van der Waals surface area contributed by atoms with E-state index in [0.29, 0.717) is 0 Å². The summed E-state index contributed by atoms with van der Waals surface area (Å²) in [6, 6.07) is 5.77. The molecule has 3 rings (SSSR count). The Balaban J connectivity index is 1.67. The van der Waals surface area contributed by atoms with Gasteiger partial charge in [0.2, 0.25) is 0 Å². The molecule has 0 saturated heterocycles. The lowest BCUT2D eigenvalue weighted by Gasteiger charge is -2.02. The lowest BCUT2D eigenvalue weighted by Crippen LogP contribution is -2.08. The van der Waals surface area contributed by atoms with Gasteiger partial charge >= 0.3 is 0 Å². The standard InChI is InChI=1S/C12H13N5S/c13-9-1-2-10-11(7-9)18-12(16-10)15-4-6-17-5-3-14-8-17/h1-3,5,7-8H,4,6,13H2,(H,15,16). The number of aromatic nitrogens is 3. The Morgan fingerprint density at radius 2 is 2.33 bits per heavy atom. The number of nitrogens with two attached hydrogens (primary N) is 1. The molecule has 2 aromatic heterocycles. The maximum absolute atomic E-state index is 5.75. The Kier molecular flexibility index (Phi) is 2.85. The first-order chi connectivity index (χ1) is 8.81. The molecule has 2 heterocycles. The van der Waals surface area contributed by atoms with Crippen LogP contribution in [0, 0.1) is 0 Å². The fourth-order valence-corrected chi connectivity index (χ4v) is 2.67. The molecule has 92 valence electrons. The van der Waals surface area contributed by atoms with Crippen LogP contribution in [0.15, 0.2) is 36.9 Å². The summed E-state index contributed by atoms with van der Waals surface area (Å²) >= 11 is 1.62. The summed E-state index contributed by atoms with van der Waals surface area (Å²) in [6.07, 6.45) is 5.53. The smallest absolute Gasteiger partial charge is 0.183 e. The molecule has 0 fully saturated rings. The number of imidazole rings is 1. The number of thiazole rings is 1. The molecule has 3 N–H and O–H groups in total. The highest BCUT2D eigenvalue weighted by atomic mass is 32.1. The first kappa shape index (κ1) is 11.0. The Morgan fingerprint density at radius 1 is 1.39 bits per heavy atom. The average Bonchev–Trinajstić information content (AvgIpc) is 2.97. The van der Waals surface area contributed by atoms with Crippen LogP contribution in [0.5, 0.6) is 0 Å². The van der Waals surface area contributed by atoms with E-state index < -0.39 is 0 Å². The fourth-order valence-electron chi connectivity index (χ4n) is 1.73. The molecule has 0 aliphatic carbocycles. The zero-order valence-electron chi connectivity index (χ0n) is 9.71. The van der Waals surface area contributed by atoms with Gasteiger partial charge < -0.3 is 15.6 Å². The molecule has 1 aromatic carbocycles. The molecule has 3 aromatic rings. The van der Waals surface area contributed by atoms with Gasteiger partial charge in [-0.25, -0.2) is 9.97 Å². The number of nitrogens with zero attached hydrogens (tertiary/aromatic N) is 3. The number of nitrogen functional groups attached to an aromatic ring is 1. The highest BCUT2D eigenvalue weighted by Gasteiger charge is 2.03. The molecule has 18 heavy (non-hydrogen) atoms. The van der Waals surface area contributed by atoms with Gasteiger partial charge in [0.25, 0.3) is 0 Å². The Morgan fingerprint density at radius 3 is 3.17 bits per heavy atom. The largest absolute Gasteiger partial charge is 0.399 e. The fraction of sp³-hybridized carbons (Fsp3) is 0.167. The van der Waals surface area contributed by atoms with Gasteiger partial charge in [-0.15, -0.1) is 0 Å². The summed E-state index contributed by atoms with van der Waals surface area (Å²) < 4.78 is 3.14. The third-order valence-electron chi connectivity index (χ3n) is 2.62. The second-order valence-corrected chi connectivity index (χ2v) is 5.00. The minimum absolute atomic E-state index is 0.774. The number of nitrogens with one attached hydrogen (secondary N) is 1. The molecule has 0 unspecified atom stereocenters. The second-order valence-electron chi connectivity index (χ2n) is 3.97. The van der Waals surface area contributed by atoms with Gasteiger partial charge in [-0.3, -0.25) is 0 Å². The average molecular weight is 259 g/mol. The molecule has 6 heteroatoms. The maximum Gasteiger partial charge on any atom is 0.183 e. The Labute approximate surface area is 108 Å². The van der Waals surface area contributed by atoms with Crippen molar-refractivity contribution in [2.45, 2.75) is 6.54 Å². The Bertz CT molecular complexity index is 644. The normalized spacial score (nSPS) is 10.9. The SMILES string of the molecule is Nc1ccc2nc(NCCn3ccnc3)sc2c1. The minimum Gasteiger partial charge on any atom is -0.399 e. The molecule has 0 saturated carbocycles. The monoisotopic (exact) mass is 259 g/mol. The first-order valence-electron chi connectivity index (χ1n) is 5.67. The predicted molar refractivity (Wildman–Crippen MR) is 74.7 cm³/mol. The molecule has 0 bridgehead atoms. The number of hydrogen-bond donors (Lipinski definition) is 2. The summed E-state index contributed by atoms with van der Waals surface area (Å²) in [5.74, 6) is 0. The number of fused-ring (bicyclic) bond motifs is 1. The minimum atomic E-state index is 0.774. The van der Waals surface area contributed by atoms with Crippen molar-refractivity contribution >= 4 is 32.4 Å². The van der Waals surface area contributed by atoms with Crippen LogP contribution in [0.4, 0.5) is 10.8 Å². The van der Waals surface area contributed by atoms with Gasteiger partial charge in [0.1, 0.15) is 0 Å². The zero-order chi connectivity index (χ0) is 12.4. The van der Waals surface area contributed by atoms with E-state index in [1.54, 1.807) is 23.9 Å². The van der Waals surface area contributed by atoms with Crippen LogP contribution >= 0.6 is 11.3 Å². The molecular weight excluding hydrogens is 246 g/mol. The van der Waals surface area contributed by atoms with E-state index in [4.69, 9.17) is 5.73 Å². The van der Waals surface area contributed by atoms with Gasteiger partial charge in [-0.05, 0) is 18.2 Å². The third-order valence-corrected chi connectivity index (χ3v) is 3.59. The molecule has 0 aliphatic heterocycles. The van der Waals surface area contributed by atoms with Gasteiger partial charge in [0.05, 0.1) is 16.5 Å². The van der Waals surface area contributed by atoms with Gasteiger partial charge in [-0.1, -0.05) is 11.3 Å². The highest BCUT2D eigenvalue weighted by Crippen LogP contribution is 2.27. The van der Waals surface area contributed by atoms with E-state index in [0.717, 1.165) is 34.1 Å². The van der Waals surface area contributed by atoms with Crippen LogP contribution in [-0.2, 0) is 6.54 Å². The van der Waals surface area contributed by atoms with E-state index in [-0.39, 0.29) is 0 Å². The highest BCUT2D eigenvalue weighted by molar-refractivity contribution is 7.22. The molecule has 0 amide bonds. The summed E-state index contributed by atoms with van der Waals surface area (Å²) in [5.41, 5.74) is 7.51. The third kappa shape index (κ3) is 2.28. The van der Waals surface area contributed by atoms with E-state index in [1.807, 2.05) is 29.0 Å². The zero-order valence-corrected chi connectivity index (χ0v) is 10.5.